The number of hydrogen-bond acceptors (Lipinski definition) is 3. The number of carbonyl (C=O) groups excluding carboxylic acids is 1. The summed E-state index contributed by atoms with van der Waals surface area (Å²) in [5.41, 5.74) is 4.26. The topological polar surface area (TPSA) is 51.0 Å². The third-order valence-corrected chi connectivity index (χ3v) is 4.89. The molecule has 1 aromatic carbocycles. The second-order valence-corrected chi connectivity index (χ2v) is 6.87. The van der Waals surface area contributed by atoms with Crippen molar-refractivity contribution in [1.82, 2.24) is 19.4 Å². The Labute approximate surface area is 147 Å². The van der Waals surface area contributed by atoms with Crippen LogP contribution < -0.4 is 0 Å². The maximum Gasteiger partial charge on any atom is 0.242 e. The van der Waals surface area contributed by atoms with Crippen LogP contribution in [0.15, 0.2) is 42.7 Å². The summed E-state index contributed by atoms with van der Waals surface area (Å²) >= 11 is 0. The molecule has 3 aromatic rings. The molecule has 2 heterocycles. The van der Waals surface area contributed by atoms with Crippen molar-refractivity contribution in [3.8, 4) is 0 Å². The predicted octanol–water partition coefficient (Wildman–Crippen LogP) is 3.28. The van der Waals surface area contributed by atoms with E-state index >= 15 is 0 Å². The summed E-state index contributed by atoms with van der Waals surface area (Å²) in [6.45, 7) is 2.96. The van der Waals surface area contributed by atoms with Crippen molar-refractivity contribution < 1.29 is 4.79 Å². The largest absolute Gasteiger partial charge is 0.340 e. The van der Waals surface area contributed by atoms with Crippen molar-refractivity contribution >= 4 is 16.9 Å². The van der Waals surface area contributed by atoms with E-state index in [1.165, 1.54) is 12.8 Å². The monoisotopic (exact) mass is 334 g/mol. The molecule has 2 aromatic heterocycles. The molecule has 1 aliphatic carbocycles. The number of amides is 1. The van der Waals surface area contributed by atoms with Gasteiger partial charge in [0.2, 0.25) is 5.91 Å². The number of pyridine rings is 1. The van der Waals surface area contributed by atoms with Crippen LogP contribution in [0.5, 0.6) is 0 Å². The minimum Gasteiger partial charge on any atom is -0.340 e. The Morgan fingerprint density at radius 2 is 2.08 bits per heavy atom. The molecular weight excluding hydrogens is 312 g/mol. The maximum atomic E-state index is 12.8. The molecule has 4 rings (SSSR count). The Morgan fingerprint density at radius 1 is 1.28 bits per heavy atom. The van der Waals surface area contributed by atoms with Gasteiger partial charge in [-0.1, -0.05) is 12.1 Å². The zero-order chi connectivity index (χ0) is 17.4. The molecule has 128 valence electrons. The van der Waals surface area contributed by atoms with Gasteiger partial charge in [-0.15, -0.1) is 0 Å². The van der Waals surface area contributed by atoms with E-state index in [4.69, 9.17) is 4.98 Å². The van der Waals surface area contributed by atoms with E-state index in [9.17, 15) is 4.79 Å². The molecule has 5 heteroatoms. The highest BCUT2D eigenvalue weighted by Crippen LogP contribution is 2.40. The van der Waals surface area contributed by atoms with Crippen molar-refractivity contribution in [3.05, 3.63) is 59.7 Å². The lowest BCUT2D eigenvalue weighted by Crippen LogP contribution is -2.30. The fourth-order valence-corrected chi connectivity index (χ4v) is 3.19. The van der Waals surface area contributed by atoms with Crippen LogP contribution in [0, 0.1) is 6.92 Å². The van der Waals surface area contributed by atoms with E-state index in [0.29, 0.717) is 19.0 Å². The number of nitrogens with zero attached hydrogens (tertiary/aromatic N) is 4. The van der Waals surface area contributed by atoms with Crippen LogP contribution in [-0.4, -0.2) is 32.4 Å². The van der Waals surface area contributed by atoms with E-state index in [1.807, 2.05) is 44.4 Å². The average Bonchev–Trinajstić information content (AvgIpc) is 3.40. The van der Waals surface area contributed by atoms with Crippen molar-refractivity contribution in [2.75, 3.05) is 7.05 Å². The highest BCUT2D eigenvalue weighted by molar-refractivity contribution is 5.81. The first-order chi connectivity index (χ1) is 12.1. The van der Waals surface area contributed by atoms with E-state index in [0.717, 1.165) is 28.0 Å². The van der Waals surface area contributed by atoms with Gasteiger partial charge in [0, 0.05) is 31.9 Å². The summed E-state index contributed by atoms with van der Waals surface area (Å²) in [4.78, 5) is 23.5. The first-order valence-corrected chi connectivity index (χ1v) is 8.72. The highest BCUT2D eigenvalue weighted by Gasteiger charge is 2.30. The van der Waals surface area contributed by atoms with Crippen LogP contribution in [0.1, 0.15) is 35.7 Å². The molecule has 0 radical (unpaired) electrons. The fourth-order valence-electron chi connectivity index (χ4n) is 3.19. The van der Waals surface area contributed by atoms with Gasteiger partial charge in [-0.3, -0.25) is 9.78 Å². The van der Waals surface area contributed by atoms with Crippen molar-refractivity contribution in [3.63, 3.8) is 0 Å². The molecule has 0 aliphatic heterocycles. The number of fused-ring (bicyclic) bond motifs is 1. The minimum atomic E-state index is 0.0984. The molecule has 0 N–H and O–H groups in total. The Hall–Kier alpha value is -2.69. The number of rotatable bonds is 5. The average molecular weight is 334 g/mol. The van der Waals surface area contributed by atoms with Gasteiger partial charge in [-0.05, 0) is 49.1 Å². The Morgan fingerprint density at radius 3 is 2.84 bits per heavy atom. The van der Waals surface area contributed by atoms with Gasteiger partial charge < -0.3 is 9.47 Å². The van der Waals surface area contributed by atoms with E-state index < -0.39 is 0 Å². The second kappa shape index (κ2) is 6.31. The smallest absolute Gasteiger partial charge is 0.242 e. The van der Waals surface area contributed by atoms with Crippen LogP contribution in [-0.2, 0) is 17.9 Å². The molecule has 0 unspecified atom stereocenters. The molecular formula is C20H22N4O. The molecule has 25 heavy (non-hydrogen) atoms. The van der Waals surface area contributed by atoms with Gasteiger partial charge in [-0.2, -0.15) is 0 Å². The van der Waals surface area contributed by atoms with Gasteiger partial charge in [0.1, 0.15) is 12.4 Å². The van der Waals surface area contributed by atoms with E-state index in [2.05, 4.69) is 15.6 Å². The molecule has 1 amide bonds. The number of hydrogen-bond donors (Lipinski definition) is 0. The van der Waals surface area contributed by atoms with Crippen molar-refractivity contribution in [2.45, 2.75) is 38.8 Å². The van der Waals surface area contributed by atoms with Gasteiger partial charge in [-0.25, -0.2) is 4.98 Å². The van der Waals surface area contributed by atoms with Crippen molar-refractivity contribution in [2.24, 2.45) is 0 Å². The lowest BCUT2D eigenvalue weighted by molar-refractivity contribution is -0.131. The minimum absolute atomic E-state index is 0.0984. The predicted molar refractivity (Wildman–Crippen MR) is 97.2 cm³/mol. The summed E-state index contributed by atoms with van der Waals surface area (Å²) < 4.78 is 2.10. The quantitative estimate of drug-likeness (QED) is 0.719. The SMILES string of the molecule is Cc1cnccc1CN(C)C(=O)Cn1c(C2CC2)nc2ccccc21. The third-order valence-electron chi connectivity index (χ3n) is 4.89. The summed E-state index contributed by atoms with van der Waals surface area (Å²) in [5, 5.41) is 0. The van der Waals surface area contributed by atoms with Gasteiger partial charge >= 0.3 is 0 Å². The van der Waals surface area contributed by atoms with E-state index in [1.54, 1.807) is 11.1 Å². The molecule has 0 atom stereocenters. The number of aromatic nitrogens is 3. The molecule has 0 bridgehead atoms. The van der Waals surface area contributed by atoms with Gasteiger partial charge in [0.05, 0.1) is 11.0 Å². The van der Waals surface area contributed by atoms with Crippen LogP contribution >= 0.6 is 0 Å². The van der Waals surface area contributed by atoms with Crippen LogP contribution in [0.25, 0.3) is 11.0 Å². The Balaban J connectivity index is 1.57. The normalized spacial score (nSPS) is 14.0. The highest BCUT2D eigenvalue weighted by atomic mass is 16.2. The van der Waals surface area contributed by atoms with Crippen LogP contribution in [0.2, 0.25) is 0 Å². The number of para-hydroxylation sites is 2. The van der Waals surface area contributed by atoms with Crippen LogP contribution in [0.4, 0.5) is 0 Å². The maximum absolute atomic E-state index is 12.8. The van der Waals surface area contributed by atoms with Crippen molar-refractivity contribution in [1.29, 1.82) is 0 Å². The molecule has 1 fully saturated rings. The number of likely N-dealkylation sites (N-methyl/N-ethyl adjacent to an activating group) is 1. The number of benzene rings is 1. The Bertz CT molecular complexity index is 926. The molecule has 1 aliphatic rings. The summed E-state index contributed by atoms with van der Waals surface area (Å²) in [7, 11) is 1.86. The molecule has 1 saturated carbocycles. The summed E-state index contributed by atoms with van der Waals surface area (Å²) in [6.07, 6.45) is 5.95. The van der Waals surface area contributed by atoms with Gasteiger partial charge in [0.25, 0.3) is 0 Å². The second-order valence-electron chi connectivity index (χ2n) is 6.87. The zero-order valence-corrected chi connectivity index (χ0v) is 14.6. The third kappa shape index (κ3) is 3.14. The standard InChI is InChI=1S/C20H22N4O/c1-14-11-21-10-9-16(14)12-23(2)19(25)13-24-18-6-4-3-5-17(18)22-20(24)15-7-8-15/h3-6,9-11,15H,7-8,12-13H2,1-2H3. The Kier molecular flexibility index (Phi) is 3.99. The van der Waals surface area contributed by atoms with E-state index in [-0.39, 0.29) is 5.91 Å². The van der Waals surface area contributed by atoms with Crippen LogP contribution in [0.3, 0.4) is 0 Å². The zero-order valence-electron chi connectivity index (χ0n) is 14.6. The number of carbonyl (C=O) groups is 1. The number of imidazole rings is 1. The first-order valence-electron chi connectivity index (χ1n) is 8.72. The molecule has 0 saturated heterocycles. The lowest BCUT2D eigenvalue weighted by Gasteiger charge is -2.19. The number of aryl methyl sites for hydroxylation is 1. The fraction of sp³-hybridized carbons (Fsp3) is 0.350. The molecule has 5 nitrogen and oxygen atoms in total. The molecule has 0 spiro atoms. The summed E-state index contributed by atoms with van der Waals surface area (Å²) in [6, 6.07) is 10.0. The van der Waals surface area contributed by atoms with Gasteiger partial charge in [0.15, 0.2) is 0 Å². The lowest BCUT2D eigenvalue weighted by atomic mass is 10.1. The first kappa shape index (κ1) is 15.8. The summed E-state index contributed by atoms with van der Waals surface area (Å²) in [5.74, 6) is 1.66.